The van der Waals surface area contributed by atoms with E-state index < -0.39 is 5.97 Å². The average Bonchev–Trinajstić information content (AvgIpc) is 2.80. The predicted octanol–water partition coefficient (Wildman–Crippen LogP) is 1.38. The molecular weight excluding hydrogens is 242 g/mol. The van der Waals surface area contributed by atoms with Gasteiger partial charge in [0, 0.05) is 18.7 Å². The van der Waals surface area contributed by atoms with Crippen LogP contribution in [-0.2, 0) is 29.1 Å². The average molecular weight is 257 g/mol. The lowest BCUT2D eigenvalue weighted by atomic mass is 9.88. The van der Waals surface area contributed by atoms with Crippen molar-refractivity contribution >= 4 is 12.4 Å². The molecule has 4 nitrogen and oxygen atoms in total. The lowest BCUT2D eigenvalue weighted by molar-refractivity contribution is -0.136. The topological polar surface area (TPSA) is 57.6 Å². The maximum Gasteiger partial charge on any atom is 0.307 e. The molecule has 0 unspecified atom stereocenters. The zero-order valence-corrected chi connectivity index (χ0v) is 11.0. The van der Waals surface area contributed by atoms with Crippen LogP contribution in [0.3, 0.4) is 0 Å². The van der Waals surface area contributed by atoms with Gasteiger partial charge < -0.3 is 10.0 Å². The first kappa shape index (κ1) is 13.2. The molecule has 0 fully saturated rings. The number of carbonyl (C=O) groups excluding carboxylic acids is 1. The van der Waals surface area contributed by atoms with Gasteiger partial charge in [0.2, 0.25) is 6.41 Å². The van der Waals surface area contributed by atoms with Crippen molar-refractivity contribution in [3.63, 3.8) is 0 Å². The van der Waals surface area contributed by atoms with Crippen molar-refractivity contribution < 1.29 is 14.7 Å². The predicted molar refractivity (Wildman–Crippen MR) is 70.5 cm³/mol. The van der Waals surface area contributed by atoms with Gasteiger partial charge in [-0.05, 0) is 41.7 Å². The van der Waals surface area contributed by atoms with Gasteiger partial charge in [0.15, 0.2) is 0 Å². The number of carboxylic acids is 1. The molecule has 1 aromatic rings. The van der Waals surface area contributed by atoms with Crippen molar-refractivity contribution in [1.29, 1.82) is 0 Å². The van der Waals surface area contributed by atoms with Gasteiger partial charge in [0.25, 0.3) is 0 Å². The van der Waals surface area contributed by atoms with Gasteiger partial charge in [-0.3, -0.25) is 9.59 Å². The molecule has 1 aliphatic rings. The largest absolute Gasteiger partial charge is 0.481 e. The van der Waals surface area contributed by atoms with Crippen LogP contribution in [0.4, 0.5) is 0 Å². The van der Waals surface area contributed by atoms with Crippen LogP contribution in [0, 0.1) is 26.2 Å². The van der Waals surface area contributed by atoms with E-state index in [0.717, 1.165) is 28.7 Å². The molecule has 19 heavy (non-hydrogen) atoms. The maximum atomic E-state index is 11.0. The molecule has 0 spiro atoms. The summed E-state index contributed by atoms with van der Waals surface area (Å²) in [6, 6.07) is 0. The molecule has 0 aromatic heterocycles. The number of hydrogen-bond acceptors (Lipinski definition) is 2. The minimum atomic E-state index is -0.899. The molecule has 0 aliphatic carbocycles. The van der Waals surface area contributed by atoms with Crippen molar-refractivity contribution in [1.82, 2.24) is 4.90 Å². The highest BCUT2D eigenvalue weighted by Crippen LogP contribution is 2.33. The van der Waals surface area contributed by atoms with Gasteiger partial charge in [0.05, 0.1) is 6.42 Å². The van der Waals surface area contributed by atoms with E-state index in [4.69, 9.17) is 11.5 Å². The SMILES string of the molecule is C#Cc1c(C)c2c(c(C)c1CC(=O)O)CN(C=O)C2. The normalized spacial score (nSPS) is 13.0. The zero-order chi connectivity index (χ0) is 14.2. The van der Waals surface area contributed by atoms with Gasteiger partial charge in [-0.15, -0.1) is 6.42 Å². The quantitative estimate of drug-likeness (QED) is 0.657. The van der Waals surface area contributed by atoms with Crippen molar-refractivity contribution in [3.8, 4) is 12.3 Å². The summed E-state index contributed by atoms with van der Waals surface area (Å²) in [5.74, 6) is 1.70. The Hall–Kier alpha value is -2.28. The highest BCUT2D eigenvalue weighted by Gasteiger charge is 2.26. The van der Waals surface area contributed by atoms with Crippen LogP contribution in [0.15, 0.2) is 0 Å². The first-order valence-corrected chi connectivity index (χ1v) is 6.01. The van der Waals surface area contributed by atoms with E-state index >= 15 is 0 Å². The summed E-state index contributed by atoms with van der Waals surface area (Å²) in [5.41, 5.74) is 5.28. The molecule has 1 aliphatic heterocycles. The van der Waals surface area contributed by atoms with Crippen LogP contribution in [0.25, 0.3) is 0 Å². The monoisotopic (exact) mass is 257 g/mol. The van der Waals surface area contributed by atoms with E-state index in [1.54, 1.807) is 4.90 Å². The fourth-order valence-electron chi connectivity index (χ4n) is 2.73. The van der Waals surface area contributed by atoms with E-state index in [0.29, 0.717) is 24.2 Å². The first-order chi connectivity index (χ1) is 8.99. The van der Waals surface area contributed by atoms with Gasteiger partial charge in [-0.2, -0.15) is 0 Å². The maximum absolute atomic E-state index is 11.0. The number of amides is 1. The summed E-state index contributed by atoms with van der Waals surface area (Å²) in [5, 5.41) is 9.01. The fourth-order valence-corrected chi connectivity index (χ4v) is 2.73. The van der Waals surface area contributed by atoms with Gasteiger partial charge >= 0.3 is 5.97 Å². The second-order valence-electron chi connectivity index (χ2n) is 4.79. The number of terminal acetylenes is 1. The molecule has 0 saturated carbocycles. The van der Waals surface area contributed by atoms with Crippen LogP contribution >= 0.6 is 0 Å². The Labute approximate surface area is 112 Å². The number of fused-ring (bicyclic) bond motifs is 1. The van der Waals surface area contributed by atoms with Gasteiger partial charge in [-0.1, -0.05) is 5.92 Å². The number of rotatable bonds is 3. The summed E-state index contributed by atoms with van der Waals surface area (Å²) in [6.07, 6.45) is 6.26. The Morgan fingerprint density at radius 2 is 1.95 bits per heavy atom. The summed E-state index contributed by atoms with van der Waals surface area (Å²) < 4.78 is 0. The van der Waals surface area contributed by atoms with Crippen LogP contribution in [0.1, 0.15) is 33.4 Å². The first-order valence-electron chi connectivity index (χ1n) is 6.01. The molecule has 1 N–H and O–H groups in total. The van der Waals surface area contributed by atoms with Gasteiger partial charge in [-0.25, -0.2) is 0 Å². The Kier molecular flexibility index (Phi) is 3.30. The van der Waals surface area contributed by atoms with Crippen molar-refractivity contribution in [2.75, 3.05) is 0 Å². The highest BCUT2D eigenvalue weighted by molar-refractivity contribution is 5.74. The van der Waals surface area contributed by atoms with E-state index in [1.807, 2.05) is 13.8 Å². The third-order valence-corrected chi connectivity index (χ3v) is 3.74. The molecule has 1 amide bonds. The van der Waals surface area contributed by atoms with Crippen molar-refractivity contribution in [3.05, 3.63) is 33.4 Å². The van der Waals surface area contributed by atoms with Gasteiger partial charge in [0.1, 0.15) is 0 Å². The summed E-state index contributed by atoms with van der Waals surface area (Å²) in [4.78, 5) is 23.6. The zero-order valence-electron chi connectivity index (χ0n) is 11.0. The molecule has 1 aromatic carbocycles. The summed E-state index contributed by atoms with van der Waals surface area (Å²) in [7, 11) is 0. The lowest BCUT2D eigenvalue weighted by Crippen LogP contribution is -2.13. The Morgan fingerprint density at radius 1 is 1.37 bits per heavy atom. The van der Waals surface area contributed by atoms with Crippen LogP contribution in [0.5, 0.6) is 0 Å². The third-order valence-electron chi connectivity index (χ3n) is 3.74. The van der Waals surface area contributed by atoms with E-state index in [2.05, 4.69) is 5.92 Å². The van der Waals surface area contributed by atoms with Crippen molar-refractivity contribution in [2.24, 2.45) is 0 Å². The fraction of sp³-hybridized carbons (Fsp3) is 0.333. The van der Waals surface area contributed by atoms with Crippen molar-refractivity contribution in [2.45, 2.75) is 33.4 Å². The Bertz CT molecular complexity index is 611. The molecular formula is C15H15NO3. The Balaban J connectivity index is 2.66. The second-order valence-corrected chi connectivity index (χ2v) is 4.79. The minimum Gasteiger partial charge on any atom is -0.481 e. The molecule has 0 radical (unpaired) electrons. The number of aliphatic carboxylic acids is 1. The number of nitrogens with zero attached hydrogens (tertiary/aromatic N) is 1. The summed E-state index contributed by atoms with van der Waals surface area (Å²) >= 11 is 0. The standard InChI is InChI=1S/C15H15NO3/c1-4-11-9(2)13-6-16(8-17)7-14(13)10(3)12(11)5-15(18)19/h1,8H,5-7H2,2-3H3,(H,18,19). The third kappa shape index (κ3) is 2.08. The molecule has 0 atom stereocenters. The number of benzene rings is 1. The van der Waals surface area contributed by atoms with E-state index in [9.17, 15) is 9.59 Å². The molecule has 4 heteroatoms. The summed E-state index contributed by atoms with van der Waals surface area (Å²) in [6.45, 7) is 4.86. The molecule has 2 rings (SSSR count). The van der Waals surface area contributed by atoms with E-state index in [-0.39, 0.29) is 6.42 Å². The minimum absolute atomic E-state index is 0.0828. The molecule has 98 valence electrons. The number of hydrogen-bond donors (Lipinski definition) is 1. The van der Waals surface area contributed by atoms with Crippen LogP contribution in [-0.4, -0.2) is 22.4 Å². The highest BCUT2D eigenvalue weighted by atomic mass is 16.4. The molecule has 0 saturated heterocycles. The number of carboxylic acid groups (broad SMARTS) is 1. The molecule has 1 heterocycles. The van der Waals surface area contributed by atoms with Crippen LogP contribution < -0.4 is 0 Å². The molecule has 0 bridgehead atoms. The van der Waals surface area contributed by atoms with Crippen LogP contribution in [0.2, 0.25) is 0 Å². The smallest absolute Gasteiger partial charge is 0.307 e. The lowest BCUT2D eigenvalue weighted by Gasteiger charge is -2.15. The Morgan fingerprint density at radius 3 is 2.42 bits per heavy atom. The van der Waals surface area contributed by atoms with E-state index in [1.165, 1.54) is 0 Å². The second kappa shape index (κ2) is 4.77. The number of carbonyl (C=O) groups is 2.